The number of hydrogen-bond donors (Lipinski definition) is 0. The van der Waals surface area contributed by atoms with E-state index in [0.717, 1.165) is 43.1 Å². The number of ether oxygens (including phenoxy) is 4. The summed E-state index contributed by atoms with van der Waals surface area (Å²) in [6.45, 7) is 21.1. The maximum Gasteiger partial charge on any atom is 0.317 e. The highest BCUT2D eigenvalue weighted by Crippen LogP contribution is 2.50. The molecule has 7 aromatic rings. The number of pyridine rings is 2. The molecule has 0 unspecified atom stereocenters. The van der Waals surface area contributed by atoms with Crippen LogP contribution in [0.1, 0.15) is 83.1 Å². The summed E-state index contributed by atoms with van der Waals surface area (Å²) in [6.07, 6.45) is 0. The average Bonchev–Trinajstić information content (AvgIpc) is 3.06. The van der Waals surface area contributed by atoms with Crippen LogP contribution >= 0.6 is 0 Å². The SMILES string of the molecule is CC(C)(C)C(=O)Oc1nc(OC(=O)C(C)(C)C)c2ccc3c4ccc5c(OC(=O)C(C)(C)C)nc(OC(=O)C(C)(C)C)c6ccc(c7ccc1c2c73)c4c65. The Hall–Kier alpha value is -5.64. The maximum absolute atomic E-state index is 13.2. The fourth-order valence-electron chi connectivity index (χ4n) is 6.30. The van der Waals surface area contributed by atoms with Gasteiger partial charge in [0.15, 0.2) is 0 Å². The first kappa shape index (κ1) is 36.7. The Morgan fingerprint density at radius 2 is 0.500 bits per heavy atom. The van der Waals surface area contributed by atoms with Gasteiger partial charge in [0.25, 0.3) is 0 Å². The standard InChI is InChI=1S/C44H44N2O8/c1-41(2,3)37(47)51-33-25-17-13-21-23-15-19-27-32-28(36(54-40(50)44(10,11)12)46-35(27)53-39(49)43(7,8)9)20-16-24(30(23)32)22-14-18-26(31(25)29(21)22)34(45-33)52-38(48)42(4,5)6/h13-20H,1-12H3. The third-order valence-corrected chi connectivity index (χ3v) is 9.44. The van der Waals surface area contributed by atoms with Crippen LogP contribution in [0, 0.1) is 21.7 Å². The second-order valence-electron chi connectivity index (χ2n) is 18.1. The molecular formula is C44H44N2O8. The number of carbonyl (C=O) groups excluding carboxylic acids is 4. The molecular weight excluding hydrogens is 684 g/mol. The first-order valence-electron chi connectivity index (χ1n) is 18.0. The molecule has 0 amide bonds. The number of aromatic nitrogens is 2. The van der Waals surface area contributed by atoms with Gasteiger partial charge in [-0.05, 0) is 140 Å². The Bertz CT molecular complexity index is 2360. The highest BCUT2D eigenvalue weighted by molar-refractivity contribution is 6.40. The molecule has 2 aromatic heterocycles. The van der Waals surface area contributed by atoms with Crippen LogP contribution in [-0.2, 0) is 19.2 Å². The van der Waals surface area contributed by atoms with E-state index in [-0.39, 0.29) is 23.5 Å². The van der Waals surface area contributed by atoms with Crippen molar-refractivity contribution in [2.75, 3.05) is 0 Å². The van der Waals surface area contributed by atoms with E-state index >= 15 is 0 Å². The van der Waals surface area contributed by atoms with Crippen LogP contribution in [0.15, 0.2) is 48.5 Å². The van der Waals surface area contributed by atoms with Crippen LogP contribution in [0.3, 0.4) is 0 Å². The summed E-state index contributed by atoms with van der Waals surface area (Å²) >= 11 is 0. The molecule has 0 saturated carbocycles. The molecule has 0 bridgehead atoms. The van der Waals surface area contributed by atoms with Gasteiger partial charge in [0.1, 0.15) is 0 Å². The fraction of sp³-hybridized carbons (Fsp3) is 0.364. The number of benzene rings is 5. The highest BCUT2D eigenvalue weighted by Gasteiger charge is 2.32. The zero-order chi connectivity index (χ0) is 39.4. The molecule has 7 rings (SSSR count). The summed E-state index contributed by atoms with van der Waals surface area (Å²) in [4.78, 5) is 62.2. The number of hydrogen-bond acceptors (Lipinski definition) is 10. The zero-order valence-electron chi connectivity index (χ0n) is 32.8. The number of rotatable bonds is 4. The van der Waals surface area contributed by atoms with Crippen LogP contribution in [0.2, 0.25) is 0 Å². The number of nitrogens with zero attached hydrogens (tertiary/aromatic N) is 2. The van der Waals surface area contributed by atoms with E-state index in [1.54, 1.807) is 83.1 Å². The Balaban J connectivity index is 1.59. The third kappa shape index (κ3) is 5.97. The monoisotopic (exact) mass is 728 g/mol. The normalized spacial score (nSPS) is 13.1. The van der Waals surface area contributed by atoms with E-state index in [2.05, 4.69) is 9.97 Å². The largest absolute Gasteiger partial charge is 0.406 e. The first-order valence-corrected chi connectivity index (χ1v) is 18.0. The molecule has 0 fully saturated rings. The summed E-state index contributed by atoms with van der Waals surface area (Å²) in [5, 5.41) is 8.98. The molecule has 54 heavy (non-hydrogen) atoms. The van der Waals surface area contributed by atoms with E-state index in [4.69, 9.17) is 18.9 Å². The molecule has 0 radical (unpaired) electrons. The summed E-state index contributed by atoms with van der Waals surface area (Å²) in [7, 11) is 0. The predicted octanol–water partition coefficient (Wildman–Crippen LogP) is 10.1. The van der Waals surface area contributed by atoms with Crippen molar-refractivity contribution in [3.63, 3.8) is 0 Å². The van der Waals surface area contributed by atoms with Gasteiger partial charge in [-0.25, -0.2) is 0 Å². The molecule has 2 heterocycles. The molecule has 10 nitrogen and oxygen atoms in total. The molecule has 0 aliphatic carbocycles. The van der Waals surface area contributed by atoms with Crippen LogP contribution in [-0.4, -0.2) is 33.8 Å². The van der Waals surface area contributed by atoms with Gasteiger partial charge in [-0.15, -0.1) is 0 Å². The highest BCUT2D eigenvalue weighted by atomic mass is 16.6. The van der Waals surface area contributed by atoms with Gasteiger partial charge in [-0.3, -0.25) is 19.2 Å². The lowest BCUT2D eigenvalue weighted by atomic mass is 9.86. The second kappa shape index (κ2) is 11.9. The van der Waals surface area contributed by atoms with Gasteiger partial charge in [0.05, 0.1) is 21.7 Å². The van der Waals surface area contributed by atoms with Crippen LogP contribution in [0.4, 0.5) is 0 Å². The lowest BCUT2D eigenvalue weighted by Gasteiger charge is -2.23. The van der Waals surface area contributed by atoms with Crippen molar-refractivity contribution in [1.82, 2.24) is 9.97 Å². The van der Waals surface area contributed by atoms with Gasteiger partial charge in [-0.1, -0.05) is 24.3 Å². The maximum atomic E-state index is 13.2. The van der Waals surface area contributed by atoms with Crippen molar-refractivity contribution in [2.45, 2.75) is 83.1 Å². The second-order valence-corrected chi connectivity index (χ2v) is 18.1. The van der Waals surface area contributed by atoms with E-state index in [1.807, 2.05) is 48.5 Å². The van der Waals surface area contributed by atoms with Crippen molar-refractivity contribution in [3.8, 4) is 23.5 Å². The summed E-state index contributed by atoms with van der Waals surface area (Å²) in [5.41, 5.74) is -3.31. The molecule has 0 spiro atoms. The minimum absolute atomic E-state index is 0.0419. The summed E-state index contributed by atoms with van der Waals surface area (Å²) in [5.74, 6) is -1.78. The molecule has 0 aliphatic rings. The molecule has 5 aromatic carbocycles. The molecule has 0 aliphatic heterocycles. The molecule has 278 valence electrons. The van der Waals surface area contributed by atoms with Gasteiger partial charge in [-0.2, -0.15) is 9.97 Å². The Morgan fingerprint density at radius 1 is 0.333 bits per heavy atom. The van der Waals surface area contributed by atoms with E-state index in [9.17, 15) is 19.2 Å². The van der Waals surface area contributed by atoms with Crippen LogP contribution < -0.4 is 18.9 Å². The fourth-order valence-corrected chi connectivity index (χ4v) is 6.30. The van der Waals surface area contributed by atoms with E-state index in [0.29, 0.717) is 21.5 Å². The number of esters is 4. The Kier molecular flexibility index (Phi) is 8.11. The van der Waals surface area contributed by atoms with Gasteiger partial charge < -0.3 is 18.9 Å². The smallest absolute Gasteiger partial charge is 0.317 e. The average molecular weight is 729 g/mol. The van der Waals surface area contributed by atoms with E-state index < -0.39 is 45.5 Å². The van der Waals surface area contributed by atoms with Crippen molar-refractivity contribution in [3.05, 3.63) is 48.5 Å². The Morgan fingerprint density at radius 3 is 0.685 bits per heavy atom. The number of carbonyl (C=O) groups is 4. The van der Waals surface area contributed by atoms with E-state index in [1.165, 1.54) is 0 Å². The topological polar surface area (TPSA) is 131 Å². The minimum Gasteiger partial charge on any atom is -0.406 e. The molecule has 10 heteroatoms. The van der Waals surface area contributed by atoms with Crippen molar-refractivity contribution in [1.29, 1.82) is 0 Å². The lowest BCUT2D eigenvalue weighted by Crippen LogP contribution is -2.27. The van der Waals surface area contributed by atoms with Gasteiger partial charge >= 0.3 is 23.9 Å². The van der Waals surface area contributed by atoms with Gasteiger partial charge in [0, 0.05) is 32.3 Å². The molecule has 0 saturated heterocycles. The molecule has 0 atom stereocenters. The minimum atomic E-state index is -0.827. The predicted molar refractivity (Wildman–Crippen MR) is 210 cm³/mol. The van der Waals surface area contributed by atoms with Crippen molar-refractivity contribution >= 4 is 88.5 Å². The van der Waals surface area contributed by atoms with Crippen LogP contribution in [0.5, 0.6) is 23.5 Å². The zero-order valence-corrected chi connectivity index (χ0v) is 32.8. The van der Waals surface area contributed by atoms with Crippen LogP contribution in [0.25, 0.3) is 64.6 Å². The van der Waals surface area contributed by atoms with Crippen molar-refractivity contribution in [2.24, 2.45) is 21.7 Å². The summed E-state index contributed by atoms with van der Waals surface area (Å²) in [6, 6.07) is 15.3. The molecule has 0 N–H and O–H groups in total. The summed E-state index contributed by atoms with van der Waals surface area (Å²) < 4.78 is 23.8. The Labute approximate surface area is 312 Å². The number of fused-ring (bicyclic) bond motifs is 2. The lowest BCUT2D eigenvalue weighted by molar-refractivity contribution is -0.144. The first-order chi connectivity index (χ1) is 25.0. The van der Waals surface area contributed by atoms with Gasteiger partial charge in [0.2, 0.25) is 23.5 Å². The van der Waals surface area contributed by atoms with Crippen molar-refractivity contribution < 1.29 is 38.1 Å². The quantitative estimate of drug-likeness (QED) is 0.0980. The third-order valence-electron chi connectivity index (χ3n) is 9.44.